The number of hydrogen-bond acceptors (Lipinski definition) is 7. The summed E-state index contributed by atoms with van der Waals surface area (Å²) in [7, 11) is 0. The Morgan fingerprint density at radius 2 is 2.00 bits per heavy atom. The molecule has 1 saturated carbocycles. The van der Waals surface area contributed by atoms with Crippen LogP contribution in [0.3, 0.4) is 0 Å². The van der Waals surface area contributed by atoms with Crippen molar-refractivity contribution in [3.63, 3.8) is 0 Å². The molecule has 5 aromatic heterocycles. The Morgan fingerprint density at radius 3 is 2.84 bits per heavy atom. The molecule has 0 amide bonds. The van der Waals surface area contributed by atoms with Crippen LogP contribution in [0, 0.1) is 6.92 Å². The number of nitrogens with zero attached hydrogens (tertiary/aromatic N) is 4. The molecule has 0 aromatic carbocycles. The van der Waals surface area contributed by atoms with Gasteiger partial charge in [-0.15, -0.1) is 11.3 Å². The van der Waals surface area contributed by atoms with Crippen molar-refractivity contribution in [2.75, 3.05) is 5.73 Å². The SMILES string of the molecule is Cc1sc2cnccc2c1-c1cc2c(-c3cnn(C4CCC(O)CC4)c3)cnc(N)c2o1. The van der Waals surface area contributed by atoms with Crippen molar-refractivity contribution in [1.82, 2.24) is 19.7 Å². The summed E-state index contributed by atoms with van der Waals surface area (Å²) in [6, 6.07) is 4.40. The van der Waals surface area contributed by atoms with E-state index in [1.165, 1.54) is 4.88 Å². The molecule has 1 fully saturated rings. The fourth-order valence-electron chi connectivity index (χ4n) is 4.78. The Labute approximate surface area is 188 Å². The molecule has 6 rings (SSSR count). The first-order chi connectivity index (χ1) is 15.6. The van der Waals surface area contributed by atoms with Crippen LogP contribution in [-0.2, 0) is 0 Å². The lowest BCUT2D eigenvalue weighted by molar-refractivity contribution is 0.108. The van der Waals surface area contributed by atoms with Crippen LogP contribution in [0.4, 0.5) is 5.82 Å². The first-order valence-corrected chi connectivity index (χ1v) is 11.6. The summed E-state index contributed by atoms with van der Waals surface area (Å²) in [5.74, 6) is 1.16. The molecule has 162 valence electrons. The van der Waals surface area contributed by atoms with Crippen molar-refractivity contribution in [2.24, 2.45) is 0 Å². The lowest BCUT2D eigenvalue weighted by atomic mass is 9.93. The molecule has 0 saturated heterocycles. The van der Waals surface area contributed by atoms with E-state index in [1.54, 1.807) is 23.7 Å². The number of furan rings is 1. The Kier molecular flexibility index (Phi) is 4.51. The van der Waals surface area contributed by atoms with Crippen molar-refractivity contribution in [3.8, 4) is 22.5 Å². The average molecular weight is 446 g/mol. The smallest absolute Gasteiger partial charge is 0.177 e. The normalized spacial score (nSPS) is 19.2. The number of anilines is 1. The molecular formula is C24H23N5O2S. The number of nitrogen functional groups attached to an aromatic ring is 1. The minimum atomic E-state index is -0.181. The van der Waals surface area contributed by atoms with Gasteiger partial charge in [0.15, 0.2) is 11.4 Å². The molecule has 0 atom stereocenters. The van der Waals surface area contributed by atoms with Gasteiger partial charge in [-0.2, -0.15) is 5.10 Å². The Hall–Kier alpha value is -3.23. The highest BCUT2D eigenvalue weighted by Gasteiger charge is 2.23. The summed E-state index contributed by atoms with van der Waals surface area (Å²) < 4.78 is 9.42. The number of rotatable bonds is 3. The molecule has 5 aromatic rings. The third-order valence-corrected chi connectivity index (χ3v) is 7.51. The highest BCUT2D eigenvalue weighted by molar-refractivity contribution is 7.19. The predicted octanol–water partition coefficient (Wildman–Crippen LogP) is 5.33. The number of aliphatic hydroxyl groups excluding tert-OH is 1. The molecular weight excluding hydrogens is 422 g/mol. The molecule has 3 N–H and O–H groups in total. The zero-order valence-corrected chi connectivity index (χ0v) is 18.5. The summed E-state index contributed by atoms with van der Waals surface area (Å²) in [5, 5.41) is 16.5. The van der Waals surface area contributed by atoms with E-state index in [9.17, 15) is 5.11 Å². The number of nitrogens with two attached hydrogens (primary N) is 1. The van der Waals surface area contributed by atoms with Crippen molar-refractivity contribution in [1.29, 1.82) is 0 Å². The van der Waals surface area contributed by atoms with Gasteiger partial charge in [-0.05, 0) is 44.7 Å². The summed E-state index contributed by atoms with van der Waals surface area (Å²) in [6.45, 7) is 2.10. The summed E-state index contributed by atoms with van der Waals surface area (Å²) >= 11 is 1.71. The van der Waals surface area contributed by atoms with E-state index >= 15 is 0 Å². The molecule has 0 aliphatic heterocycles. The zero-order chi connectivity index (χ0) is 21.8. The Balaban J connectivity index is 1.45. The van der Waals surface area contributed by atoms with Gasteiger partial charge in [-0.1, -0.05) is 0 Å². The molecule has 0 unspecified atom stereocenters. The lowest BCUT2D eigenvalue weighted by Gasteiger charge is -2.25. The quantitative estimate of drug-likeness (QED) is 0.389. The second-order valence-electron chi connectivity index (χ2n) is 8.49. The third-order valence-electron chi connectivity index (χ3n) is 6.46. The van der Waals surface area contributed by atoms with Crippen LogP contribution < -0.4 is 5.73 Å². The minimum absolute atomic E-state index is 0.181. The van der Waals surface area contributed by atoms with Crippen LogP contribution in [0.25, 0.3) is 43.5 Å². The Morgan fingerprint density at radius 1 is 1.16 bits per heavy atom. The van der Waals surface area contributed by atoms with Gasteiger partial charge in [0.05, 0.1) is 23.0 Å². The second kappa shape index (κ2) is 7.43. The fourth-order valence-corrected chi connectivity index (χ4v) is 5.81. The number of aryl methyl sites for hydroxylation is 1. The van der Waals surface area contributed by atoms with Gasteiger partial charge < -0.3 is 15.3 Å². The van der Waals surface area contributed by atoms with Crippen LogP contribution in [0.1, 0.15) is 36.6 Å². The van der Waals surface area contributed by atoms with E-state index in [1.807, 2.05) is 23.1 Å². The highest BCUT2D eigenvalue weighted by Crippen LogP contribution is 2.42. The van der Waals surface area contributed by atoms with Crippen molar-refractivity contribution < 1.29 is 9.52 Å². The van der Waals surface area contributed by atoms with Crippen molar-refractivity contribution >= 4 is 38.2 Å². The van der Waals surface area contributed by atoms with Gasteiger partial charge >= 0.3 is 0 Å². The molecule has 8 heteroatoms. The maximum atomic E-state index is 9.80. The van der Waals surface area contributed by atoms with Crippen molar-refractivity contribution in [2.45, 2.75) is 44.8 Å². The highest BCUT2D eigenvalue weighted by atomic mass is 32.1. The molecule has 32 heavy (non-hydrogen) atoms. The van der Waals surface area contributed by atoms with Gasteiger partial charge in [0.25, 0.3) is 0 Å². The van der Waals surface area contributed by atoms with E-state index in [4.69, 9.17) is 10.2 Å². The van der Waals surface area contributed by atoms with Crippen molar-refractivity contribution in [3.05, 3.63) is 48.0 Å². The molecule has 5 heterocycles. The molecule has 7 nitrogen and oxygen atoms in total. The number of hydrogen-bond donors (Lipinski definition) is 2. The lowest BCUT2D eigenvalue weighted by Crippen LogP contribution is -2.21. The topological polar surface area (TPSA) is 103 Å². The van der Waals surface area contributed by atoms with Crippen LogP contribution >= 0.6 is 11.3 Å². The van der Waals surface area contributed by atoms with Gasteiger partial charge in [-0.25, -0.2) is 4.98 Å². The standard InChI is InChI=1S/C24H23N5O2S/c1-13-22(17-6-7-26-11-21(17)32-13)20-8-18-19(10-27-24(25)23(18)31-20)14-9-28-29(12-14)15-2-4-16(30)5-3-15/h6-12,15-16,30H,2-5H2,1H3,(H2,25,27). The number of aromatic nitrogens is 4. The first-order valence-electron chi connectivity index (χ1n) is 10.8. The summed E-state index contributed by atoms with van der Waals surface area (Å²) in [6.07, 6.45) is 12.8. The average Bonchev–Trinajstić information content (AvgIpc) is 3.51. The minimum Gasteiger partial charge on any atom is -0.452 e. The third kappa shape index (κ3) is 3.10. The molecule has 0 spiro atoms. The predicted molar refractivity (Wildman–Crippen MR) is 127 cm³/mol. The van der Waals surface area contributed by atoms with Gasteiger partial charge in [-0.3, -0.25) is 9.67 Å². The van der Waals surface area contributed by atoms with Crippen LogP contribution in [0.5, 0.6) is 0 Å². The number of pyridine rings is 2. The Bertz CT molecular complexity index is 1440. The van der Waals surface area contributed by atoms with Crippen LogP contribution in [-0.4, -0.2) is 31.0 Å². The largest absolute Gasteiger partial charge is 0.452 e. The van der Waals surface area contributed by atoms with Gasteiger partial charge in [0.1, 0.15) is 5.76 Å². The molecule has 1 aliphatic carbocycles. The fraction of sp³-hybridized carbons (Fsp3) is 0.292. The van der Waals surface area contributed by atoms with Crippen LogP contribution in [0.15, 0.2) is 47.5 Å². The van der Waals surface area contributed by atoms with E-state index in [-0.39, 0.29) is 6.10 Å². The number of fused-ring (bicyclic) bond motifs is 2. The second-order valence-corrected chi connectivity index (χ2v) is 9.74. The monoisotopic (exact) mass is 445 g/mol. The van der Waals surface area contributed by atoms with Gasteiger partial charge in [0, 0.05) is 57.1 Å². The molecule has 1 aliphatic rings. The molecule has 0 radical (unpaired) electrons. The van der Waals surface area contributed by atoms with Crippen LogP contribution in [0.2, 0.25) is 0 Å². The molecule has 0 bridgehead atoms. The zero-order valence-electron chi connectivity index (χ0n) is 17.7. The van der Waals surface area contributed by atoms with E-state index in [0.717, 1.165) is 63.6 Å². The van der Waals surface area contributed by atoms with E-state index in [2.05, 4.69) is 34.3 Å². The number of thiophene rings is 1. The van der Waals surface area contributed by atoms with E-state index < -0.39 is 0 Å². The van der Waals surface area contributed by atoms with Gasteiger partial charge in [0.2, 0.25) is 0 Å². The number of aliphatic hydroxyl groups is 1. The summed E-state index contributed by atoms with van der Waals surface area (Å²) in [5.41, 5.74) is 9.80. The maximum absolute atomic E-state index is 9.80. The maximum Gasteiger partial charge on any atom is 0.177 e. The van der Waals surface area contributed by atoms with E-state index in [0.29, 0.717) is 17.4 Å². The first kappa shape index (κ1) is 19.5. The summed E-state index contributed by atoms with van der Waals surface area (Å²) in [4.78, 5) is 9.82.